The molecule has 1 saturated carbocycles. The average Bonchev–Trinajstić information content (AvgIpc) is 2.69. The predicted octanol–water partition coefficient (Wildman–Crippen LogP) is 2.66. The first-order chi connectivity index (χ1) is 7.56. The van der Waals surface area contributed by atoms with E-state index in [4.69, 9.17) is 0 Å². The van der Waals surface area contributed by atoms with Gasteiger partial charge in [0.15, 0.2) is 0 Å². The molecule has 0 aromatic carbocycles. The van der Waals surface area contributed by atoms with Gasteiger partial charge in [-0.25, -0.2) is 0 Å². The Kier molecular flexibility index (Phi) is 6.16. The Balaban J connectivity index is 2.21. The number of rotatable bonds is 7. The molecule has 1 unspecified atom stereocenters. The highest BCUT2D eigenvalue weighted by Gasteiger charge is 2.24. The lowest BCUT2D eigenvalue weighted by molar-refractivity contribution is 0.183. The largest absolute Gasteiger partial charge is 0.394 e. The van der Waals surface area contributed by atoms with E-state index in [9.17, 15) is 5.11 Å². The summed E-state index contributed by atoms with van der Waals surface area (Å²) in [6, 6.07) is 0.434. The predicted molar refractivity (Wildman–Crippen MR) is 73.0 cm³/mol. The van der Waals surface area contributed by atoms with Crippen molar-refractivity contribution >= 4 is 11.8 Å². The van der Waals surface area contributed by atoms with Gasteiger partial charge in [-0.15, -0.1) is 0 Å². The lowest BCUT2D eigenvalue weighted by Crippen LogP contribution is -2.51. The third kappa shape index (κ3) is 5.07. The molecule has 0 aliphatic heterocycles. The minimum absolute atomic E-state index is 0.114. The summed E-state index contributed by atoms with van der Waals surface area (Å²) in [6.45, 7) is 6.61. The van der Waals surface area contributed by atoms with Gasteiger partial charge < -0.3 is 10.4 Å². The van der Waals surface area contributed by atoms with Crippen molar-refractivity contribution in [2.24, 2.45) is 5.92 Å². The molecule has 1 atom stereocenters. The number of hydrogen-bond donors (Lipinski definition) is 2. The van der Waals surface area contributed by atoms with Crippen LogP contribution in [0.15, 0.2) is 0 Å². The van der Waals surface area contributed by atoms with E-state index in [2.05, 4.69) is 26.1 Å². The topological polar surface area (TPSA) is 32.3 Å². The van der Waals surface area contributed by atoms with Crippen LogP contribution in [0.3, 0.4) is 0 Å². The van der Waals surface area contributed by atoms with Gasteiger partial charge in [0.2, 0.25) is 0 Å². The molecule has 3 heteroatoms. The van der Waals surface area contributed by atoms with Crippen molar-refractivity contribution < 1.29 is 5.11 Å². The zero-order valence-electron chi connectivity index (χ0n) is 11.0. The second-order valence-electron chi connectivity index (χ2n) is 5.68. The zero-order valence-corrected chi connectivity index (χ0v) is 11.8. The first-order valence-corrected chi connectivity index (χ1v) is 7.67. The van der Waals surface area contributed by atoms with E-state index < -0.39 is 0 Å². The molecule has 1 aliphatic carbocycles. The summed E-state index contributed by atoms with van der Waals surface area (Å²) in [5, 5.41) is 12.9. The fourth-order valence-electron chi connectivity index (χ4n) is 2.46. The van der Waals surface area contributed by atoms with Crippen LogP contribution in [0.5, 0.6) is 0 Å². The Morgan fingerprint density at radius 2 is 2.00 bits per heavy atom. The van der Waals surface area contributed by atoms with Crippen molar-refractivity contribution in [1.29, 1.82) is 0 Å². The quantitative estimate of drug-likeness (QED) is 0.723. The van der Waals surface area contributed by atoms with Crippen molar-refractivity contribution in [2.75, 3.05) is 18.1 Å². The number of hydrogen-bond acceptors (Lipinski definition) is 3. The van der Waals surface area contributed by atoms with Gasteiger partial charge in [0.05, 0.1) is 6.61 Å². The molecule has 0 bridgehead atoms. The van der Waals surface area contributed by atoms with E-state index in [-0.39, 0.29) is 12.1 Å². The molecule has 0 amide bonds. The number of aliphatic hydroxyl groups is 1. The van der Waals surface area contributed by atoms with Crippen LogP contribution < -0.4 is 5.32 Å². The van der Waals surface area contributed by atoms with Crippen molar-refractivity contribution in [3.05, 3.63) is 0 Å². The van der Waals surface area contributed by atoms with Gasteiger partial charge >= 0.3 is 0 Å². The standard InChI is InChI=1S/C13H27NOS/c1-11(2)14-13(3,9-15)10-16-8-12-6-4-5-7-12/h11-12,14-15H,4-10H2,1-3H3. The summed E-state index contributed by atoms with van der Waals surface area (Å²) in [7, 11) is 0. The van der Waals surface area contributed by atoms with Crippen LogP contribution in [0.1, 0.15) is 46.5 Å². The van der Waals surface area contributed by atoms with E-state index in [1.807, 2.05) is 11.8 Å². The molecule has 0 aromatic rings. The zero-order chi connectivity index (χ0) is 12.0. The highest BCUT2D eigenvalue weighted by molar-refractivity contribution is 7.99. The molecule has 0 saturated heterocycles. The summed E-state index contributed by atoms with van der Waals surface area (Å²) in [4.78, 5) is 0. The Morgan fingerprint density at radius 3 is 2.50 bits per heavy atom. The Bertz CT molecular complexity index is 192. The van der Waals surface area contributed by atoms with Gasteiger partial charge in [0, 0.05) is 17.3 Å². The Morgan fingerprint density at radius 1 is 1.38 bits per heavy atom. The van der Waals surface area contributed by atoms with Crippen LogP contribution in [0.25, 0.3) is 0 Å². The van der Waals surface area contributed by atoms with Crippen LogP contribution in [-0.2, 0) is 0 Å². The van der Waals surface area contributed by atoms with E-state index in [0.29, 0.717) is 6.04 Å². The monoisotopic (exact) mass is 245 g/mol. The van der Waals surface area contributed by atoms with Gasteiger partial charge in [0.1, 0.15) is 0 Å². The van der Waals surface area contributed by atoms with E-state index in [1.54, 1.807) is 0 Å². The first-order valence-electron chi connectivity index (χ1n) is 6.52. The maximum Gasteiger partial charge on any atom is 0.0618 e. The van der Waals surface area contributed by atoms with Crippen molar-refractivity contribution in [3.63, 3.8) is 0 Å². The molecule has 0 radical (unpaired) electrons. The van der Waals surface area contributed by atoms with E-state index >= 15 is 0 Å². The molecule has 1 rings (SSSR count). The summed E-state index contributed by atoms with van der Waals surface area (Å²) >= 11 is 2.00. The minimum Gasteiger partial charge on any atom is -0.394 e. The van der Waals surface area contributed by atoms with Gasteiger partial charge in [-0.1, -0.05) is 26.7 Å². The number of thioether (sulfide) groups is 1. The third-order valence-corrected chi connectivity index (χ3v) is 4.78. The second-order valence-corrected chi connectivity index (χ2v) is 6.71. The van der Waals surface area contributed by atoms with Gasteiger partial charge in [0.25, 0.3) is 0 Å². The van der Waals surface area contributed by atoms with E-state index in [1.165, 1.54) is 31.4 Å². The van der Waals surface area contributed by atoms with Crippen LogP contribution in [0, 0.1) is 5.92 Å². The lowest BCUT2D eigenvalue weighted by atomic mass is 10.1. The summed E-state index contributed by atoms with van der Waals surface area (Å²) < 4.78 is 0. The third-order valence-electron chi connectivity index (χ3n) is 3.24. The molecule has 0 aromatic heterocycles. The maximum atomic E-state index is 9.45. The molecule has 16 heavy (non-hydrogen) atoms. The number of nitrogens with one attached hydrogen (secondary N) is 1. The maximum absolute atomic E-state index is 9.45. The molecule has 2 N–H and O–H groups in total. The van der Waals surface area contributed by atoms with E-state index in [0.717, 1.165) is 11.7 Å². The normalized spacial score (nSPS) is 21.6. The fourth-order valence-corrected chi connectivity index (χ4v) is 3.87. The SMILES string of the molecule is CC(C)NC(C)(CO)CSCC1CCCC1. The molecule has 1 aliphatic rings. The highest BCUT2D eigenvalue weighted by Crippen LogP contribution is 2.28. The van der Waals surface area contributed by atoms with Gasteiger partial charge in [-0.3, -0.25) is 0 Å². The first kappa shape index (κ1) is 14.3. The molecule has 0 heterocycles. The minimum atomic E-state index is -0.114. The lowest BCUT2D eigenvalue weighted by Gasteiger charge is -2.31. The highest BCUT2D eigenvalue weighted by atomic mass is 32.2. The summed E-state index contributed by atoms with van der Waals surface area (Å²) in [6.07, 6.45) is 5.68. The van der Waals surface area contributed by atoms with Crippen LogP contribution in [-0.4, -0.2) is 34.8 Å². The second kappa shape index (κ2) is 6.87. The van der Waals surface area contributed by atoms with Crippen LogP contribution in [0.4, 0.5) is 0 Å². The fraction of sp³-hybridized carbons (Fsp3) is 1.00. The molecule has 96 valence electrons. The van der Waals surface area contributed by atoms with Gasteiger partial charge in [-0.05, 0) is 31.4 Å². The van der Waals surface area contributed by atoms with Crippen LogP contribution in [0.2, 0.25) is 0 Å². The smallest absolute Gasteiger partial charge is 0.0618 e. The summed E-state index contributed by atoms with van der Waals surface area (Å²) in [5.41, 5.74) is -0.114. The van der Waals surface area contributed by atoms with Crippen molar-refractivity contribution in [3.8, 4) is 0 Å². The van der Waals surface area contributed by atoms with Gasteiger partial charge in [-0.2, -0.15) is 11.8 Å². The van der Waals surface area contributed by atoms with Crippen molar-refractivity contribution in [1.82, 2.24) is 5.32 Å². The molecule has 1 fully saturated rings. The molecular weight excluding hydrogens is 218 g/mol. The number of aliphatic hydroxyl groups excluding tert-OH is 1. The molecular formula is C13H27NOS. The molecule has 0 spiro atoms. The molecule has 2 nitrogen and oxygen atoms in total. The van der Waals surface area contributed by atoms with Crippen molar-refractivity contribution in [2.45, 2.75) is 58.0 Å². The average molecular weight is 245 g/mol. The summed E-state index contributed by atoms with van der Waals surface area (Å²) in [5.74, 6) is 3.22. The Labute approximate surface area is 105 Å². The Hall–Kier alpha value is 0.270. The van der Waals surface area contributed by atoms with Crippen LogP contribution >= 0.6 is 11.8 Å².